The minimum Gasteiger partial charge on any atom is -0.548 e. The second-order valence-corrected chi connectivity index (χ2v) is 6.89. The summed E-state index contributed by atoms with van der Waals surface area (Å²) in [6, 6.07) is 15.8. The van der Waals surface area contributed by atoms with E-state index in [1.165, 1.54) is 0 Å². The van der Waals surface area contributed by atoms with Gasteiger partial charge in [-0.25, -0.2) is 4.57 Å². The fourth-order valence-electron chi connectivity index (χ4n) is 1.81. The average molecular weight is 455 g/mol. The van der Waals surface area contributed by atoms with Crippen molar-refractivity contribution in [1.82, 2.24) is 0 Å². The number of carbonyl (C=O) groups is 1. The van der Waals surface area contributed by atoms with Crippen molar-refractivity contribution in [3.63, 3.8) is 0 Å². The van der Waals surface area contributed by atoms with Gasteiger partial charge in [-0.15, -0.1) is 0 Å². The second-order valence-electron chi connectivity index (χ2n) is 4.86. The highest BCUT2D eigenvalue weighted by Crippen LogP contribution is 2.49. The first kappa shape index (κ1) is 33.3. The third-order valence-corrected chi connectivity index (χ3v) is 4.78. The van der Waals surface area contributed by atoms with Crippen LogP contribution in [0.3, 0.4) is 0 Å². The van der Waals surface area contributed by atoms with Gasteiger partial charge in [0.2, 0.25) is 0 Å². The zero-order chi connectivity index (χ0) is 24.7. The van der Waals surface area contributed by atoms with Crippen LogP contribution in [0.25, 0.3) is 0 Å². The number of carbonyl (C=O) groups excluding carboxylic acids is 1. The van der Waals surface area contributed by atoms with Crippen molar-refractivity contribution in [1.29, 1.82) is 0 Å². The number of aliphatic carboxylic acids is 1. The second kappa shape index (κ2) is 22.4. The van der Waals surface area contributed by atoms with Crippen molar-refractivity contribution in [2.24, 2.45) is 5.73 Å². The van der Waals surface area contributed by atoms with Crippen LogP contribution in [0.5, 0.6) is 11.5 Å². The Labute approximate surface area is 189 Å². The molecular formula is C24H41NO5P-. The SMILES string of the molecule is CC.CC.CC.CC.NC(CCP(=O)(Oc1ccccc1)Oc1ccccc1)C(=O)[O-]. The summed E-state index contributed by atoms with van der Waals surface area (Å²) in [6.45, 7) is 16.0. The Hall–Kier alpha value is -2.30. The van der Waals surface area contributed by atoms with Crippen LogP contribution in [-0.2, 0) is 9.36 Å². The van der Waals surface area contributed by atoms with Gasteiger partial charge in [-0.05, 0) is 30.7 Å². The lowest BCUT2D eigenvalue weighted by molar-refractivity contribution is -0.307. The Morgan fingerprint density at radius 2 is 1.13 bits per heavy atom. The van der Waals surface area contributed by atoms with Gasteiger partial charge in [0, 0.05) is 6.04 Å². The van der Waals surface area contributed by atoms with Crippen molar-refractivity contribution >= 4 is 13.6 Å². The molecule has 1 atom stereocenters. The predicted octanol–water partition coefficient (Wildman–Crippen LogP) is 5.91. The fraction of sp³-hybridized carbons (Fsp3) is 0.458. The standard InChI is InChI=1S/C16H18NO5P.4C2H6/c17-15(16(18)19)11-12-23(20,21-13-7-3-1-4-8-13)22-14-9-5-2-6-10-14;4*1-2/h1-10,15H,11-12,17H2,(H,18,19);4*1-2H3/p-1. The van der Waals surface area contributed by atoms with Gasteiger partial charge in [-0.3, -0.25) is 0 Å². The Morgan fingerprint density at radius 1 is 0.806 bits per heavy atom. The number of para-hydroxylation sites is 2. The van der Waals surface area contributed by atoms with Gasteiger partial charge in [-0.2, -0.15) is 0 Å². The lowest BCUT2D eigenvalue weighted by atomic mass is 10.2. The molecule has 0 aromatic heterocycles. The van der Waals surface area contributed by atoms with Crippen molar-refractivity contribution in [3.05, 3.63) is 60.7 Å². The summed E-state index contributed by atoms with van der Waals surface area (Å²) in [7, 11) is -3.63. The van der Waals surface area contributed by atoms with E-state index in [0.717, 1.165) is 0 Å². The van der Waals surface area contributed by atoms with Gasteiger partial charge in [0.15, 0.2) is 0 Å². The summed E-state index contributed by atoms with van der Waals surface area (Å²) < 4.78 is 24.0. The first-order valence-electron chi connectivity index (χ1n) is 11.0. The number of rotatable bonds is 8. The van der Waals surface area contributed by atoms with Gasteiger partial charge >= 0.3 is 7.60 Å². The minimum atomic E-state index is -3.63. The molecule has 0 spiro atoms. The Balaban J connectivity index is -0.000000879. The maximum absolute atomic E-state index is 13.0. The smallest absolute Gasteiger partial charge is 0.430 e. The van der Waals surface area contributed by atoms with Crippen LogP contribution >= 0.6 is 7.60 Å². The fourth-order valence-corrected chi connectivity index (χ4v) is 3.51. The average Bonchev–Trinajstić information content (AvgIpc) is 2.84. The predicted molar refractivity (Wildman–Crippen MR) is 130 cm³/mol. The van der Waals surface area contributed by atoms with E-state index in [4.69, 9.17) is 14.8 Å². The number of nitrogens with two attached hydrogens (primary N) is 1. The monoisotopic (exact) mass is 454 g/mol. The van der Waals surface area contributed by atoms with Crippen LogP contribution in [0, 0.1) is 0 Å². The van der Waals surface area contributed by atoms with Crippen molar-refractivity contribution < 1.29 is 23.5 Å². The summed E-state index contributed by atoms with van der Waals surface area (Å²) in [5.74, 6) is -0.668. The number of carboxylic acid groups (broad SMARTS) is 1. The van der Waals surface area contributed by atoms with Crippen LogP contribution in [0.4, 0.5) is 0 Å². The van der Waals surface area contributed by atoms with Crippen LogP contribution in [0.15, 0.2) is 60.7 Å². The summed E-state index contributed by atoms with van der Waals surface area (Å²) >= 11 is 0. The maximum Gasteiger partial charge on any atom is 0.430 e. The Morgan fingerprint density at radius 3 is 1.42 bits per heavy atom. The summed E-state index contributed by atoms with van der Waals surface area (Å²) in [4.78, 5) is 10.7. The van der Waals surface area contributed by atoms with E-state index < -0.39 is 19.6 Å². The molecule has 0 radical (unpaired) electrons. The van der Waals surface area contributed by atoms with Crippen molar-refractivity contribution in [3.8, 4) is 11.5 Å². The molecule has 0 heterocycles. The van der Waals surface area contributed by atoms with Crippen molar-refractivity contribution in [2.75, 3.05) is 6.16 Å². The van der Waals surface area contributed by atoms with E-state index in [9.17, 15) is 14.5 Å². The number of benzene rings is 2. The molecule has 6 nitrogen and oxygen atoms in total. The molecule has 31 heavy (non-hydrogen) atoms. The maximum atomic E-state index is 13.0. The molecule has 7 heteroatoms. The molecule has 0 fully saturated rings. The number of hydrogen-bond acceptors (Lipinski definition) is 6. The molecule has 0 saturated carbocycles. The van der Waals surface area contributed by atoms with Gasteiger partial charge < -0.3 is 24.7 Å². The first-order valence-corrected chi connectivity index (χ1v) is 12.8. The molecule has 178 valence electrons. The molecule has 0 bridgehead atoms. The van der Waals surface area contributed by atoms with E-state index in [1.54, 1.807) is 60.7 Å². The summed E-state index contributed by atoms with van der Waals surface area (Å²) in [6.07, 6.45) is -0.231. The number of hydrogen-bond donors (Lipinski definition) is 1. The highest BCUT2D eigenvalue weighted by Gasteiger charge is 2.29. The third kappa shape index (κ3) is 16.1. The molecular weight excluding hydrogens is 413 g/mol. The largest absolute Gasteiger partial charge is 0.548 e. The van der Waals surface area contributed by atoms with E-state index in [0.29, 0.717) is 11.5 Å². The lowest BCUT2D eigenvalue weighted by Gasteiger charge is -2.21. The van der Waals surface area contributed by atoms with E-state index in [1.807, 2.05) is 55.4 Å². The molecule has 0 aliphatic carbocycles. The first-order chi connectivity index (χ1) is 15.0. The molecule has 2 aromatic rings. The van der Waals surface area contributed by atoms with Gasteiger partial charge in [0.1, 0.15) is 11.5 Å². The van der Waals surface area contributed by atoms with Gasteiger partial charge in [-0.1, -0.05) is 91.8 Å². The van der Waals surface area contributed by atoms with Gasteiger partial charge in [0.05, 0.1) is 12.1 Å². The molecule has 2 rings (SSSR count). The van der Waals surface area contributed by atoms with E-state index >= 15 is 0 Å². The Kier molecular flexibility index (Phi) is 24.1. The van der Waals surface area contributed by atoms with Crippen LogP contribution in [0.1, 0.15) is 61.8 Å². The Bertz CT molecular complexity index is 635. The zero-order valence-electron chi connectivity index (χ0n) is 20.3. The molecule has 2 aromatic carbocycles. The topological polar surface area (TPSA) is 102 Å². The van der Waals surface area contributed by atoms with Crippen LogP contribution in [-0.4, -0.2) is 18.2 Å². The van der Waals surface area contributed by atoms with Crippen molar-refractivity contribution in [2.45, 2.75) is 67.9 Å². The minimum absolute atomic E-state index is 0.0840. The molecule has 1 unspecified atom stereocenters. The highest BCUT2D eigenvalue weighted by molar-refractivity contribution is 7.54. The molecule has 2 N–H and O–H groups in total. The highest BCUT2D eigenvalue weighted by atomic mass is 31.2. The summed E-state index contributed by atoms with van der Waals surface area (Å²) in [5, 5.41) is 10.7. The summed E-state index contributed by atoms with van der Waals surface area (Å²) in [5.41, 5.74) is 5.42. The van der Waals surface area contributed by atoms with E-state index in [-0.39, 0.29) is 12.6 Å². The van der Waals surface area contributed by atoms with Crippen LogP contribution in [0.2, 0.25) is 0 Å². The van der Waals surface area contributed by atoms with Gasteiger partial charge in [0.25, 0.3) is 0 Å². The van der Waals surface area contributed by atoms with E-state index in [2.05, 4.69) is 0 Å². The zero-order valence-corrected chi connectivity index (χ0v) is 21.2. The molecule has 0 aliphatic rings. The lowest BCUT2D eigenvalue weighted by Crippen LogP contribution is -2.42. The van der Waals surface area contributed by atoms with Crippen LogP contribution < -0.4 is 19.9 Å². The molecule has 0 aliphatic heterocycles. The molecule has 0 saturated heterocycles. The third-order valence-electron chi connectivity index (χ3n) is 2.99. The molecule has 0 amide bonds. The normalized spacial score (nSPS) is 9.97. The number of carboxylic acids is 1. The quantitative estimate of drug-likeness (QED) is 0.498.